The number of aromatic nitrogens is 6. The van der Waals surface area contributed by atoms with E-state index in [2.05, 4.69) is 41.1 Å². The molecule has 0 aromatic carbocycles. The van der Waals surface area contributed by atoms with Gasteiger partial charge >= 0.3 is 0 Å². The first-order valence-corrected chi connectivity index (χ1v) is 10.6. The largest absolute Gasteiger partial charge is 0.478 e. The van der Waals surface area contributed by atoms with Gasteiger partial charge in [-0.1, -0.05) is 0 Å². The van der Waals surface area contributed by atoms with Crippen molar-refractivity contribution in [1.82, 2.24) is 34.8 Å². The zero-order valence-corrected chi connectivity index (χ0v) is 19.5. The van der Waals surface area contributed by atoms with Gasteiger partial charge in [0.25, 0.3) is 11.8 Å². The molecule has 0 bridgehead atoms. The highest BCUT2D eigenvalue weighted by Crippen LogP contribution is 2.33. The average molecular weight is 463 g/mol. The van der Waals surface area contributed by atoms with E-state index in [4.69, 9.17) is 9.47 Å². The predicted molar refractivity (Wildman–Crippen MR) is 131 cm³/mol. The normalized spacial score (nSPS) is 15.5. The van der Waals surface area contributed by atoms with E-state index in [1.165, 1.54) is 0 Å². The van der Waals surface area contributed by atoms with Crippen LogP contribution < -0.4 is 25.4 Å². The number of anilines is 3. The van der Waals surface area contributed by atoms with Gasteiger partial charge in [-0.3, -0.25) is 9.36 Å². The molecule has 4 N–H and O–H groups in total. The summed E-state index contributed by atoms with van der Waals surface area (Å²) >= 11 is 0. The lowest BCUT2D eigenvalue weighted by Gasteiger charge is -2.24. The van der Waals surface area contributed by atoms with Crippen LogP contribution in [-0.2, 0) is 14.1 Å². The van der Waals surface area contributed by atoms with E-state index < -0.39 is 0 Å². The lowest BCUT2D eigenvalue weighted by Crippen LogP contribution is -2.36. The van der Waals surface area contributed by atoms with Crippen molar-refractivity contribution in [2.75, 3.05) is 24.9 Å². The van der Waals surface area contributed by atoms with Gasteiger partial charge in [0.2, 0.25) is 0 Å². The fraction of sp³-hybridized carbons (Fsp3) is 0.273. The number of ether oxygens (including phenoxy) is 2. The molecule has 34 heavy (non-hydrogen) atoms. The number of pyridine rings is 1. The minimum absolute atomic E-state index is 0.388. The summed E-state index contributed by atoms with van der Waals surface area (Å²) in [6, 6.07) is 1.98. The smallest absolute Gasteiger partial charge is 0.256 e. The third-order valence-corrected chi connectivity index (χ3v) is 5.49. The average Bonchev–Trinajstić information content (AvgIpc) is 3.51. The number of nitrogens with zero attached hydrogens (tertiary/aromatic N) is 6. The van der Waals surface area contributed by atoms with E-state index in [0.29, 0.717) is 17.6 Å². The van der Waals surface area contributed by atoms with Crippen LogP contribution >= 0.6 is 0 Å². The van der Waals surface area contributed by atoms with Crippen LogP contribution in [0.2, 0.25) is 0 Å². The first-order valence-electron chi connectivity index (χ1n) is 10.6. The van der Waals surface area contributed by atoms with Crippen molar-refractivity contribution in [2.24, 2.45) is 19.1 Å². The molecule has 5 heterocycles. The Kier molecular flexibility index (Phi) is 5.32. The van der Waals surface area contributed by atoms with Crippen molar-refractivity contribution in [3.8, 4) is 11.8 Å². The van der Waals surface area contributed by atoms with Crippen LogP contribution in [0.4, 0.5) is 17.2 Å². The molecular weight excluding hydrogens is 436 g/mol. The molecule has 12 nitrogen and oxygen atoms in total. The second-order valence-corrected chi connectivity index (χ2v) is 7.89. The van der Waals surface area contributed by atoms with E-state index in [1.807, 2.05) is 51.9 Å². The molecule has 176 valence electrons. The number of nitrogens with one attached hydrogen (secondary N) is 4. The summed E-state index contributed by atoms with van der Waals surface area (Å²) in [5.74, 6) is 1.68. The van der Waals surface area contributed by atoms with Gasteiger partial charge in [-0.25, -0.2) is 9.98 Å². The predicted octanol–water partition coefficient (Wildman–Crippen LogP) is 2.59. The summed E-state index contributed by atoms with van der Waals surface area (Å²) in [6.07, 6.45) is 8.90. The highest BCUT2D eigenvalue weighted by atomic mass is 16.5. The van der Waals surface area contributed by atoms with Crippen LogP contribution in [0, 0.1) is 0 Å². The Bertz CT molecular complexity index is 1410. The molecule has 4 aromatic heterocycles. The molecule has 5 rings (SSSR count). The molecule has 1 unspecified atom stereocenters. The molecule has 0 aliphatic carbocycles. The maximum Gasteiger partial charge on any atom is 0.256 e. The van der Waals surface area contributed by atoms with Gasteiger partial charge in [0.1, 0.15) is 11.4 Å². The zero-order chi connectivity index (χ0) is 23.8. The molecule has 1 atom stereocenters. The Labute approximate surface area is 195 Å². The summed E-state index contributed by atoms with van der Waals surface area (Å²) in [6.45, 7) is 2.02. The Morgan fingerprint density at radius 2 is 1.74 bits per heavy atom. The molecule has 4 aromatic rings. The van der Waals surface area contributed by atoms with E-state index in [0.717, 1.165) is 39.1 Å². The Morgan fingerprint density at radius 1 is 1.03 bits per heavy atom. The number of aliphatic imine (C=N–C) groups is 1. The molecule has 12 heteroatoms. The van der Waals surface area contributed by atoms with E-state index in [9.17, 15) is 0 Å². The Morgan fingerprint density at radius 3 is 2.47 bits per heavy atom. The highest BCUT2D eigenvalue weighted by molar-refractivity contribution is 6.02. The van der Waals surface area contributed by atoms with Crippen molar-refractivity contribution in [1.29, 1.82) is 0 Å². The van der Waals surface area contributed by atoms with Gasteiger partial charge < -0.3 is 30.4 Å². The van der Waals surface area contributed by atoms with Crippen molar-refractivity contribution in [3.05, 3.63) is 42.0 Å². The van der Waals surface area contributed by atoms with Crippen LogP contribution in [0.1, 0.15) is 12.5 Å². The number of hydrogen-bond donors (Lipinski definition) is 4. The fourth-order valence-electron chi connectivity index (χ4n) is 3.96. The van der Waals surface area contributed by atoms with Crippen molar-refractivity contribution >= 4 is 40.0 Å². The van der Waals surface area contributed by atoms with Crippen molar-refractivity contribution in [3.63, 3.8) is 0 Å². The maximum atomic E-state index is 5.36. The lowest BCUT2D eigenvalue weighted by atomic mass is 10.1. The van der Waals surface area contributed by atoms with Gasteiger partial charge in [-0.05, 0) is 18.6 Å². The molecule has 0 spiro atoms. The second-order valence-electron chi connectivity index (χ2n) is 7.89. The molecule has 0 fully saturated rings. The number of allylic oxidation sites excluding steroid dienone is 1. The van der Waals surface area contributed by atoms with E-state index in [-0.39, 0.29) is 6.29 Å². The van der Waals surface area contributed by atoms with Crippen LogP contribution in [0.25, 0.3) is 16.6 Å². The molecule has 1 aliphatic rings. The van der Waals surface area contributed by atoms with Gasteiger partial charge in [0, 0.05) is 43.7 Å². The lowest BCUT2D eigenvalue weighted by molar-refractivity contribution is 0.392. The fourth-order valence-corrected chi connectivity index (χ4v) is 3.96. The first-order chi connectivity index (χ1) is 16.5. The molecule has 0 amide bonds. The van der Waals surface area contributed by atoms with E-state index in [1.54, 1.807) is 29.8 Å². The summed E-state index contributed by atoms with van der Waals surface area (Å²) < 4.78 is 14.1. The standard InChI is InChI=1S/C22H26N10O2/c1-12-8-25-22(27-16-11-32(3)30-21(16)34-5)28-17(12)14-9-24-18-13(14)6-7-23-19(18)26-15-10-31(2)29-20(15)33-4/h6-11,22,24,27-28H,1-5H3,(H,23,26). The molecule has 0 radical (unpaired) electrons. The summed E-state index contributed by atoms with van der Waals surface area (Å²) in [7, 11) is 6.86. The van der Waals surface area contributed by atoms with Crippen molar-refractivity contribution in [2.45, 2.75) is 13.2 Å². The molecule has 0 saturated heterocycles. The zero-order valence-electron chi connectivity index (χ0n) is 19.5. The second kappa shape index (κ2) is 8.46. The van der Waals surface area contributed by atoms with Gasteiger partial charge in [-0.15, -0.1) is 10.2 Å². The van der Waals surface area contributed by atoms with Crippen LogP contribution in [-0.4, -0.2) is 56.3 Å². The monoisotopic (exact) mass is 462 g/mol. The van der Waals surface area contributed by atoms with Crippen molar-refractivity contribution < 1.29 is 9.47 Å². The third kappa shape index (κ3) is 3.78. The third-order valence-electron chi connectivity index (χ3n) is 5.49. The number of aromatic amines is 1. The number of rotatable bonds is 7. The summed E-state index contributed by atoms with van der Waals surface area (Å²) in [5.41, 5.74) is 5.32. The van der Waals surface area contributed by atoms with Crippen LogP contribution in [0.3, 0.4) is 0 Å². The quantitative estimate of drug-likeness (QED) is 0.330. The van der Waals surface area contributed by atoms with Gasteiger partial charge in [0.05, 0.1) is 37.8 Å². The summed E-state index contributed by atoms with van der Waals surface area (Å²) in [5, 5.41) is 19.7. The van der Waals surface area contributed by atoms with Gasteiger partial charge in [-0.2, -0.15) is 0 Å². The number of H-pyrrole nitrogens is 1. The number of fused-ring (bicyclic) bond motifs is 1. The van der Waals surface area contributed by atoms with E-state index >= 15 is 0 Å². The van der Waals surface area contributed by atoms with Crippen LogP contribution in [0.5, 0.6) is 11.8 Å². The number of methoxy groups -OCH3 is 2. The van der Waals surface area contributed by atoms with Gasteiger partial charge in [0.15, 0.2) is 12.1 Å². The number of aryl methyl sites for hydroxylation is 2. The minimum Gasteiger partial charge on any atom is -0.478 e. The summed E-state index contributed by atoms with van der Waals surface area (Å²) in [4.78, 5) is 12.5. The maximum absolute atomic E-state index is 5.36. The Balaban J connectivity index is 1.44. The number of hydrogen-bond acceptors (Lipinski definition) is 9. The Hall–Kier alpha value is -4.48. The topological polar surface area (TPSA) is 131 Å². The SMILES string of the molecule is COc1nn(C)cc1Nc1nccc2c(C3=C(C)C=NC(Nc4cn(C)nc4OC)N3)c[nH]c12. The minimum atomic E-state index is -0.388. The molecule has 0 saturated carbocycles. The highest BCUT2D eigenvalue weighted by Gasteiger charge is 2.21. The van der Waals surface area contributed by atoms with Crippen LogP contribution in [0.15, 0.2) is 41.4 Å². The first kappa shape index (κ1) is 21.4. The molecule has 1 aliphatic heterocycles. The molecular formula is C22H26N10O2.